The van der Waals surface area contributed by atoms with E-state index in [0.29, 0.717) is 23.7 Å². The molecule has 0 fully saturated rings. The number of aryl methyl sites for hydroxylation is 2. The normalized spacial score (nSPS) is 10.5. The highest BCUT2D eigenvalue weighted by Gasteiger charge is 2.07. The van der Waals surface area contributed by atoms with E-state index in [1.165, 1.54) is 12.1 Å². The third kappa shape index (κ3) is 4.88. The summed E-state index contributed by atoms with van der Waals surface area (Å²) in [5, 5.41) is 10.9. The Balaban J connectivity index is 1.48. The Morgan fingerprint density at radius 2 is 1.78 bits per heavy atom. The highest BCUT2D eigenvalue weighted by Crippen LogP contribution is 2.18. The van der Waals surface area contributed by atoms with Crippen molar-refractivity contribution in [3.05, 3.63) is 77.1 Å². The molecule has 1 N–H and O–H groups in total. The second-order valence-corrected chi connectivity index (χ2v) is 6.17. The van der Waals surface area contributed by atoms with E-state index in [2.05, 4.69) is 15.5 Å². The maximum atomic E-state index is 13.0. The molecule has 0 aliphatic heterocycles. The van der Waals surface area contributed by atoms with Gasteiger partial charge >= 0.3 is 0 Å². The molecule has 138 valence electrons. The van der Waals surface area contributed by atoms with Crippen molar-refractivity contribution in [3.63, 3.8) is 0 Å². The van der Waals surface area contributed by atoms with Crippen LogP contribution in [0.15, 0.2) is 54.6 Å². The van der Waals surface area contributed by atoms with Gasteiger partial charge in [-0.1, -0.05) is 6.07 Å². The molecule has 1 heterocycles. The number of nitrogens with one attached hydrogen (secondary N) is 1. The monoisotopic (exact) mass is 365 g/mol. The number of rotatable bonds is 6. The highest BCUT2D eigenvalue weighted by atomic mass is 19.1. The third-order valence-corrected chi connectivity index (χ3v) is 4.19. The van der Waals surface area contributed by atoms with Gasteiger partial charge in [0.2, 0.25) is 5.88 Å². The van der Waals surface area contributed by atoms with Crippen LogP contribution in [0.1, 0.15) is 21.5 Å². The summed E-state index contributed by atoms with van der Waals surface area (Å²) in [7, 11) is 0. The van der Waals surface area contributed by atoms with Crippen LogP contribution in [0.3, 0.4) is 0 Å². The SMILES string of the molecule is Cc1ccc(C(=O)NCCOc2ccc(-c3ccc(F)cc3)nn2)cc1C. The van der Waals surface area contributed by atoms with E-state index in [0.717, 1.165) is 16.7 Å². The lowest BCUT2D eigenvalue weighted by Gasteiger charge is -2.08. The van der Waals surface area contributed by atoms with E-state index in [-0.39, 0.29) is 18.3 Å². The van der Waals surface area contributed by atoms with Crippen molar-refractivity contribution < 1.29 is 13.9 Å². The largest absolute Gasteiger partial charge is 0.475 e. The first kappa shape index (κ1) is 18.5. The first-order chi connectivity index (χ1) is 13.0. The summed E-state index contributed by atoms with van der Waals surface area (Å²) in [5.74, 6) is -0.0739. The van der Waals surface area contributed by atoms with Gasteiger partial charge in [-0.05, 0) is 67.4 Å². The Morgan fingerprint density at radius 1 is 1.00 bits per heavy atom. The maximum Gasteiger partial charge on any atom is 0.251 e. The summed E-state index contributed by atoms with van der Waals surface area (Å²) < 4.78 is 18.5. The van der Waals surface area contributed by atoms with Crippen LogP contribution in [0, 0.1) is 19.7 Å². The smallest absolute Gasteiger partial charge is 0.251 e. The van der Waals surface area contributed by atoms with Gasteiger partial charge in [0.25, 0.3) is 5.91 Å². The number of nitrogens with zero attached hydrogens (tertiary/aromatic N) is 2. The number of halogens is 1. The zero-order chi connectivity index (χ0) is 19.2. The molecule has 6 heteroatoms. The molecule has 0 radical (unpaired) electrons. The molecule has 0 spiro atoms. The molecule has 27 heavy (non-hydrogen) atoms. The average Bonchev–Trinajstić information content (AvgIpc) is 2.68. The summed E-state index contributed by atoms with van der Waals surface area (Å²) in [4.78, 5) is 12.1. The van der Waals surface area contributed by atoms with E-state index in [4.69, 9.17) is 4.74 Å². The minimum atomic E-state index is -0.297. The van der Waals surface area contributed by atoms with Gasteiger partial charge in [-0.3, -0.25) is 4.79 Å². The Bertz CT molecular complexity index is 925. The molecule has 3 aromatic rings. The molecule has 2 aromatic carbocycles. The Kier molecular flexibility index (Phi) is 5.76. The quantitative estimate of drug-likeness (QED) is 0.677. The molecule has 0 atom stereocenters. The van der Waals surface area contributed by atoms with E-state index in [9.17, 15) is 9.18 Å². The molecule has 1 aromatic heterocycles. The molecule has 0 bridgehead atoms. The van der Waals surface area contributed by atoms with Crippen molar-refractivity contribution in [1.82, 2.24) is 15.5 Å². The molecule has 0 saturated carbocycles. The van der Waals surface area contributed by atoms with Crippen LogP contribution in [0.4, 0.5) is 4.39 Å². The summed E-state index contributed by atoms with van der Waals surface area (Å²) in [5.41, 5.74) is 4.26. The molecular weight excluding hydrogens is 345 g/mol. The standard InChI is InChI=1S/C21H20FN3O2/c1-14-3-4-17(13-15(14)2)21(26)23-11-12-27-20-10-9-19(24-25-20)16-5-7-18(22)8-6-16/h3-10,13H,11-12H2,1-2H3,(H,23,26). The van der Waals surface area contributed by atoms with Crippen molar-refractivity contribution in [3.8, 4) is 17.1 Å². The van der Waals surface area contributed by atoms with E-state index < -0.39 is 0 Å². The first-order valence-corrected chi connectivity index (χ1v) is 8.61. The van der Waals surface area contributed by atoms with Crippen LogP contribution in [-0.4, -0.2) is 29.3 Å². The van der Waals surface area contributed by atoms with Crippen LogP contribution in [-0.2, 0) is 0 Å². The fraction of sp³-hybridized carbons (Fsp3) is 0.190. The van der Waals surface area contributed by atoms with Gasteiger partial charge in [0, 0.05) is 17.2 Å². The third-order valence-electron chi connectivity index (χ3n) is 4.19. The molecule has 1 amide bonds. The summed E-state index contributed by atoms with van der Waals surface area (Å²) in [6, 6.07) is 15.1. The molecule has 0 aliphatic rings. The molecule has 0 saturated heterocycles. The average molecular weight is 365 g/mol. The van der Waals surface area contributed by atoms with Crippen LogP contribution >= 0.6 is 0 Å². The number of hydrogen-bond donors (Lipinski definition) is 1. The minimum absolute atomic E-state index is 0.139. The second kappa shape index (κ2) is 8.40. The van der Waals surface area contributed by atoms with Gasteiger partial charge in [-0.15, -0.1) is 10.2 Å². The lowest BCUT2D eigenvalue weighted by molar-refractivity contribution is 0.0946. The number of carbonyl (C=O) groups is 1. The van der Waals surface area contributed by atoms with Gasteiger partial charge in [0.1, 0.15) is 12.4 Å². The maximum absolute atomic E-state index is 13.0. The molecular formula is C21H20FN3O2. The molecule has 3 rings (SSSR count). The number of aromatic nitrogens is 2. The second-order valence-electron chi connectivity index (χ2n) is 6.17. The topological polar surface area (TPSA) is 64.1 Å². The number of carbonyl (C=O) groups excluding carboxylic acids is 1. The van der Waals surface area contributed by atoms with Crippen LogP contribution < -0.4 is 10.1 Å². The van der Waals surface area contributed by atoms with E-state index in [1.54, 1.807) is 30.3 Å². The van der Waals surface area contributed by atoms with Gasteiger partial charge in [0.15, 0.2) is 0 Å². The van der Waals surface area contributed by atoms with Gasteiger partial charge in [0.05, 0.1) is 12.2 Å². The predicted octanol–water partition coefficient (Wildman–Crippen LogP) is 3.71. The number of amides is 1. The zero-order valence-corrected chi connectivity index (χ0v) is 15.2. The fourth-order valence-corrected chi connectivity index (χ4v) is 2.48. The van der Waals surface area contributed by atoms with Crippen molar-refractivity contribution in [2.24, 2.45) is 0 Å². The number of ether oxygens (including phenoxy) is 1. The van der Waals surface area contributed by atoms with Crippen molar-refractivity contribution in [2.45, 2.75) is 13.8 Å². The highest BCUT2D eigenvalue weighted by molar-refractivity contribution is 5.94. The van der Waals surface area contributed by atoms with Crippen molar-refractivity contribution in [2.75, 3.05) is 13.2 Å². The lowest BCUT2D eigenvalue weighted by Crippen LogP contribution is -2.28. The molecule has 0 unspecified atom stereocenters. The summed E-state index contributed by atoms with van der Waals surface area (Å²) in [6.45, 7) is 4.62. The van der Waals surface area contributed by atoms with Crippen molar-refractivity contribution in [1.29, 1.82) is 0 Å². The first-order valence-electron chi connectivity index (χ1n) is 8.61. The van der Waals surface area contributed by atoms with Crippen LogP contribution in [0.2, 0.25) is 0 Å². The van der Waals surface area contributed by atoms with Crippen LogP contribution in [0.5, 0.6) is 5.88 Å². The minimum Gasteiger partial charge on any atom is -0.475 e. The fourth-order valence-electron chi connectivity index (χ4n) is 2.48. The van der Waals surface area contributed by atoms with E-state index in [1.807, 2.05) is 26.0 Å². The number of benzene rings is 2. The van der Waals surface area contributed by atoms with Gasteiger partial charge < -0.3 is 10.1 Å². The van der Waals surface area contributed by atoms with E-state index >= 15 is 0 Å². The lowest BCUT2D eigenvalue weighted by atomic mass is 10.1. The Labute approximate surface area is 157 Å². The van der Waals surface area contributed by atoms with Crippen molar-refractivity contribution >= 4 is 5.91 Å². The molecule has 5 nitrogen and oxygen atoms in total. The predicted molar refractivity (Wildman–Crippen MR) is 101 cm³/mol. The van der Waals surface area contributed by atoms with Gasteiger partial charge in [-0.2, -0.15) is 0 Å². The zero-order valence-electron chi connectivity index (χ0n) is 15.2. The summed E-state index contributed by atoms with van der Waals surface area (Å²) >= 11 is 0. The Morgan fingerprint density at radius 3 is 2.44 bits per heavy atom. The summed E-state index contributed by atoms with van der Waals surface area (Å²) in [6.07, 6.45) is 0. The van der Waals surface area contributed by atoms with Gasteiger partial charge in [-0.25, -0.2) is 4.39 Å². The Hall–Kier alpha value is -3.28. The van der Waals surface area contributed by atoms with Crippen LogP contribution in [0.25, 0.3) is 11.3 Å². The molecule has 0 aliphatic carbocycles. The number of hydrogen-bond acceptors (Lipinski definition) is 4.